The van der Waals surface area contributed by atoms with Gasteiger partial charge in [-0.15, -0.1) is 0 Å². The zero-order valence-electron chi connectivity index (χ0n) is 13.8. The van der Waals surface area contributed by atoms with Crippen LogP contribution in [0.5, 0.6) is 5.75 Å². The van der Waals surface area contributed by atoms with Crippen LogP contribution in [0.25, 0.3) is 0 Å². The molecule has 0 radical (unpaired) electrons. The molecule has 25 heavy (non-hydrogen) atoms. The van der Waals surface area contributed by atoms with Gasteiger partial charge in [-0.25, -0.2) is 0 Å². The van der Waals surface area contributed by atoms with E-state index < -0.39 is 6.61 Å². The molecule has 0 amide bonds. The average molecular weight is 346 g/mol. The lowest BCUT2D eigenvalue weighted by Gasteiger charge is -2.17. The van der Waals surface area contributed by atoms with E-state index in [2.05, 4.69) is 4.74 Å². The van der Waals surface area contributed by atoms with E-state index in [0.717, 1.165) is 25.7 Å². The predicted octanol–water partition coefficient (Wildman–Crippen LogP) is 4.01. The highest BCUT2D eigenvalue weighted by molar-refractivity contribution is 5.96. The van der Waals surface area contributed by atoms with E-state index in [9.17, 15) is 13.6 Å². The van der Waals surface area contributed by atoms with E-state index in [1.165, 1.54) is 29.2 Å². The molecule has 0 atom stereocenters. The van der Waals surface area contributed by atoms with Gasteiger partial charge in [0.1, 0.15) is 11.2 Å². The van der Waals surface area contributed by atoms with Gasteiger partial charge in [-0.1, -0.05) is 31.4 Å². The van der Waals surface area contributed by atoms with E-state index in [0.29, 0.717) is 5.49 Å². The second kappa shape index (κ2) is 8.05. The maximum absolute atomic E-state index is 12.8. The monoisotopic (exact) mass is 346 g/mol. The Morgan fingerprint density at radius 1 is 1.12 bits per heavy atom. The van der Waals surface area contributed by atoms with Gasteiger partial charge in [0.2, 0.25) is 0 Å². The molecule has 1 heterocycles. The number of nitrogens with zero attached hydrogens (tertiary/aromatic N) is 2. The third-order valence-corrected chi connectivity index (χ3v) is 4.25. The summed E-state index contributed by atoms with van der Waals surface area (Å²) in [7, 11) is 0. The Kier molecular flexibility index (Phi) is 5.58. The Morgan fingerprint density at radius 3 is 2.68 bits per heavy atom. The van der Waals surface area contributed by atoms with Crippen LogP contribution >= 0.6 is 0 Å². The molecular weight excluding hydrogens is 326 g/mol. The second-order valence-corrected chi connectivity index (χ2v) is 6.06. The molecule has 0 aliphatic heterocycles. The molecule has 1 fully saturated rings. The zero-order chi connectivity index (χ0) is 17.6. The van der Waals surface area contributed by atoms with Crippen LogP contribution < -0.4 is 10.2 Å². The van der Waals surface area contributed by atoms with Gasteiger partial charge in [0, 0.05) is 11.8 Å². The van der Waals surface area contributed by atoms with Gasteiger partial charge in [-0.3, -0.25) is 14.4 Å². The number of halogens is 2. The highest BCUT2D eigenvalue weighted by Gasteiger charge is 2.14. The van der Waals surface area contributed by atoms with E-state index >= 15 is 0 Å². The Hall–Kier alpha value is -2.50. The summed E-state index contributed by atoms with van der Waals surface area (Å²) in [5.41, 5.74) is 0.856. The minimum absolute atomic E-state index is 0.0387. The van der Waals surface area contributed by atoms with Crippen LogP contribution in [0.3, 0.4) is 0 Å². The maximum atomic E-state index is 12.8. The number of hydrogen-bond donors (Lipinski definition) is 0. The van der Waals surface area contributed by atoms with Gasteiger partial charge < -0.3 is 4.74 Å². The average Bonchev–Trinajstić information content (AvgIpc) is 2.62. The topological polar surface area (TPSA) is 43.6 Å². The van der Waals surface area contributed by atoms with Crippen molar-refractivity contribution in [2.45, 2.75) is 44.8 Å². The number of benzene rings is 1. The molecule has 6 heteroatoms. The van der Waals surface area contributed by atoms with Crippen molar-refractivity contribution >= 4 is 5.91 Å². The van der Waals surface area contributed by atoms with E-state index in [1.807, 2.05) is 6.07 Å². The third kappa shape index (κ3) is 4.53. The number of rotatable bonds is 4. The van der Waals surface area contributed by atoms with Crippen molar-refractivity contribution in [1.82, 2.24) is 4.57 Å². The molecular formula is C19H20F2N2O2. The number of carbonyl (C=O) groups excluding carboxylic acids is 1. The fraction of sp³-hybridized carbons (Fsp3) is 0.368. The summed E-state index contributed by atoms with van der Waals surface area (Å²) in [5.74, 6) is -0.363. The highest BCUT2D eigenvalue weighted by atomic mass is 19.3. The quantitative estimate of drug-likeness (QED) is 0.839. The number of hydrogen-bond acceptors (Lipinski definition) is 3. The molecule has 3 rings (SSSR count). The molecule has 1 saturated carbocycles. The van der Waals surface area contributed by atoms with Crippen LogP contribution in [0.2, 0.25) is 0 Å². The molecule has 1 aromatic heterocycles. The molecule has 0 saturated heterocycles. The molecule has 132 valence electrons. The SMILES string of the molecule is O=C(c1cccc(OC(F)F)c1)n1ccccc1=NC1CCCCC1. The first-order chi connectivity index (χ1) is 12.1. The first-order valence-corrected chi connectivity index (χ1v) is 8.44. The Balaban J connectivity index is 1.91. The lowest BCUT2D eigenvalue weighted by atomic mass is 9.96. The number of alkyl halides is 2. The van der Waals surface area contributed by atoms with Crippen LogP contribution in [0.4, 0.5) is 8.78 Å². The Labute approximate surface area is 144 Å². The summed E-state index contributed by atoms with van der Waals surface area (Å²) in [6, 6.07) is 11.4. The van der Waals surface area contributed by atoms with Crippen LogP contribution in [0.1, 0.15) is 42.5 Å². The largest absolute Gasteiger partial charge is 0.435 e. The molecule has 4 nitrogen and oxygen atoms in total. The van der Waals surface area contributed by atoms with Crippen molar-refractivity contribution < 1.29 is 18.3 Å². The van der Waals surface area contributed by atoms with Gasteiger partial charge in [0.25, 0.3) is 5.91 Å². The highest BCUT2D eigenvalue weighted by Crippen LogP contribution is 2.20. The summed E-state index contributed by atoms with van der Waals surface area (Å²) < 4.78 is 30.6. The van der Waals surface area contributed by atoms with Crippen LogP contribution in [-0.4, -0.2) is 23.1 Å². The van der Waals surface area contributed by atoms with Gasteiger partial charge in [-0.2, -0.15) is 8.78 Å². The fourth-order valence-electron chi connectivity index (χ4n) is 3.05. The molecule has 0 N–H and O–H groups in total. The van der Waals surface area contributed by atoms with Crippen LogP contribution in [-0.2, 0) is 0 Å². The standard InChI is InChI=1S/C19H20F2N2O2/c20-19(21)25-16-10-6-7-14(13-16)18(24)23-12-5-4-11-17(23)22-15-8-2-1-3-9-15/h4-7,10-13,15,19H,1-3,8-9H2. The first-order valence-electron chi connectivity index (χ1n) is 8.44. The minimum Gasteiger partial charge on any atom is -0.435 e. The molecule has 1 aromatic carbocycles. The lowest BCUT2D eigenvalue weighted by Crippen LogP contribution is -2.29. The predicted molar refractivity (Wildman–Crippen MR) is 89.7 cm³/mol. The molecule has 1 aliphatic rings. The second-order valence-electron chi connectivity index (χ2n) is 6.06. The summed E-state index contributed by atoms with van der Waals surface area (Å²) in [5, 5.41) is 0. The number of carbonyl (C=O) groups is 1. The minimum atomic E-state index is -2.92. The molecule has 0 unspecified atom stereocenters. The van der Waals surface area contributed by atoms with Gasteiger partial charge in [0.05, 0.1) is 6.04 Å². The van der Waals surface area contributed by atoms with Crippen molar-refractivity contribution in [3.05, 3.63) is 59.7 Å². The molecule has 2 aromatic rings. The molecule has 1 aliphatic carbocycles. The van der Waals surface area contributed by atoms with Crippen LogP contribution in [0.15, 0.2) is 53.7 Å². The smallest absolute Gasteiger partial charge is 0.387 e. The maximum Gasteiger partial charge on any atom is 0.387 e. The zero-order valence-corrected chi connectivity index (χ0v) is 13.8. The summed E-state index contributed by atoms with van der Waals surface area (Å²) in [6.07, 6.45) is 7.24. The lowest BCUT2D eigenvalue weighted by molar-refractivity contribution is -0.0498. The van der Waals surface area contributed by atoms with Gasteiger partial charge in [-0.05, 0) is 43.2 Å². The number of pyridine rings is 1. The van der Waals surface area contributed by atoms with Gasteiger partial charge >= 0.3 is 6.61 Å². The summed E-state index contributed by atoms with van der Waals surface area (Å²) >= 11 is 0. The first kappa shape index (κ1) is 17.3. The van der Waals surface area contributed by atoms with E-state index in [-0.39, 0.29) is 23.3 Å². The van der Waals surface area contributed by atoms with Crippen molar-refractivity contribution in [3.8, 4) is 5.75 Å². The Bertz CT molecular complexity index is 796. The number of ether oxygens (including phenoxy) is 1. The Morgan fingerprint density at radius 2 is 1.92 bits per heavy atom. The molecule has 0 spiro atoms. The van der Waals surface area contributed by atoms with E-state index in [4.69, 9.17) is 4.99 Å². The van der Waals surface area contributed by atoms with Crippen molar-refractivity contribution in [2.75, 3.05) is 0 Å². The summed E-state index contributed by atoms with van der Waals surface area (Å²) in [6.45, 7) is -2.92. The fourth-order valence-corrected chi connectivity index (χ4v) is 3.05. The van der Waals surface area contributed by atoms with Crippen LogP contribution in [0, 0.1) is 0 Å². The third-order valence-electron chi connectivity index (χ3n) is 4.25. The van der Waals surface area contributed by atoms with Crippen molar-refractivity contribution in [3.63, 3.8) is 0 Å². The van der Waals surface area contributed by atoms with Gasteiger partial charge in [0.15, 0.2) is 0 Å². The van der Waals surface area contributed by atoms with Crippen molar-refractivity contribution in [2.24, 2.45) is 4.99 Å². The summed E-state index contributed by atoms with van der Waals surface area (Å²) in [4.78, 5) is 17.5. The van der Waals surface area contributed by atoms with E-state index in [1.54, 1.807) is 24.4 Å². The normalized spacial score (nSPS) is 16.2. The molecule has 0 bridgehead atoms. The number of aromatic nitrogens is 1. The van der Waals surface area contributed by atoms with Crippen molar-refractivity contribution in [1.29, 1.82) is 0 Å².